The van der Waals surface area contributed by atoms with E-state index in [1.165, 1.54) is 0 Å². The van der Waals surface area contributed by atoms with Crippen LogP contribution in [0.2, 0.25) is 5.02 Å². The molecule has 1 aromatic carbocycles. The summed E-state index contributed by atoms with van der Waals surface area (Å²) in [6.45, 7) is 6.39. The molecule has 0 aliphatic carbocycles. The van der Waals surface area contributed by atoms with Crippen LogP contribution < -0.4 is 5.73 Å². The van der Waals surface area contributed by atoms with Gasteiger partial charge < -0.3 is 10.6 Å². The van der Waals surface area contributed by atoms with Gasteiger partial charge in [0.05, 0.1) is 0 Å². The number of amides is 1. The van der Waals surface area contributed by atoms with Gasteiger partial charge >= 0.3 is 0 Å². The Bertz CT molecular complexity index is 443. The summed E-state index contributed by atoms with van der Waals surface area (Å²) < 4.78 is 0. The van der Waals surface area contributed by atoms with Gasteiger partial charge in [-0.3, -0.25) is 4.79 Å². The number of rotatable bonds is 4. The van der Waals surface area contributed by atoms with Crippen LogP contribution in [0.15, 0.2) is 18.2 Å². The van der Waals surface area contributed by atoms with Crippen molar-refractivity contribution >= 4 is 23.2 Å². The Labute approximate surface area is 114 Å². The molecule has 0 fully saturated rings. The van der Waals surface area contributed by atoms with Crippen molar-refractivity contribution in [1.29, 1.82) is 0 Å². The molecular formula is C14H21ClN2O. The van der Waals surface area contributed by atoms with Crippen molar-refractivity contribution < 1.29 is 4.79 Å². The molecule has 1 amide bonds. The van der Waals surface area contributed by atoms with Crippen LogP contribution in [0, 0.1) is 5.41 Å². The average Bonchev–Trinajstić information content (AvgIpc) is 2.32. The Morgan fingerprint density at radius 2 is 2.06 bits per heavy atom. The van der Waals surface area contributed by atoms with Gasteiger partial charge in [0, 0.05) is 29.7 Å². The van der Waals surface area contributed by atoms with E-state index in [4.69, 9.17) is 17.3 Å². The van der Waals surface area contributed by atoms with E-state index in [1.54, 1.807) is 24.1 Å². The van der Waals surface area contributed by atoms with Gasteiger partial charge in [-0.15, -0.1) is 0 Å². The fraction of sp³-hybridized carbons (Fsp3) is 0.500. The molecule has 0 heterocycles. The SMILES string of the molecule is CCC(C)(C)C(=O)N(C)Cc1cc(N)ccc1Cl. The van der Waals surface area contributed by atoms with Crippen LogP contribution in [0.3, 0.4) is 0 Å². The second kappa shape index (κ2) is 5.61. The van der Waals surface area contributed by atoms with E-state index in [1.807, 2.05) is 26.8 Å². The lowest BCUT2D eigenvalue weighted by atomic mass is 9.88. The number of nitrogen functional groups attached to an aromatic ring is 1. The number of halogens is 1. The number of benzene rings is 1. The second-order valence-electron chi connectivity index (χ2n) is 5.25. The minimum absolute atomic E-state index is 0.114. The molecule has 1 aromatic rings. The minimum Gasteiger partial charge on any atom is -0.399 e. The zero-order chi connectivity index (χ0) is 13.9. The van der Waals surface area contributed by atoms with Crippen LogP contribution in [0.5, 0.6) is 0 Å². The molecule has 18 heavy (non-hydrogen) atoms. The lowest BCUT2D eigenvalue weighted by Gasteiger charge is -2.28. The lowest BCUT2D eigenvalue weighted by Crippen LogP contribution is -2.37. The molecule has 2 N–H and O–H groups in total. The maximum atomic E-state index is 12.2. The fourth-order valence-electron chi connectivity index (χ4n) is 1.71. The van der Waals surface area contributed by atoms with Gasteiger partial charge in [-0.25, -0.2) is 0 Å². The second-order valence-corrected chi connectivity index (χ2v) is 5.66. The molecule has 4 heteroatoms. The van der Waals surface area contributed by atoms with E-state index in [9.17, 15) is 4.79 Å². The maximum Gasteiger partial charge on any atom is 0.228 e. The summed E-state index contributed by atoms with van der Waals surface area (Å²) in [5.74, 6) is 0.114. The lowest BCUT2D eigenvalue weighted by molar-refractivity contribution is -0.139. The normalized spacial score (nSPS) is 11.4. The third kappa shape index (κ3) is 3.39. The number of carbonyl (C=O) groups excluding carboxylic acids is 1. The zero-order valence-electron chi connectivity index (χ0n) is 11.5. The summed E-state index contributed by atoms with van der Waals surface area (Å²) in [4.78, 5) is 13.9. The van der Waals surface area contributed by atoms with Gasteiger partial charge in [-0.2, -0.15) is 0 Å². The van der Waals surface area contributed by atoms with Gasteiger partial charge in [0.15, 0.2) is 0 Å². The van der Waals surface area contributed by atoms with Crippen molar-refractivity contribution in [1.82, 2.24) is 4.90 Å². The highest BCUT2D eigenvalue weighted by Gasteiger charge is 2.28. The van der Waals surface area contributed by atoms with Crippen molar-refractivity contribution in [3.8, 4) is 0 Å². The van der Waals surface area contributed by atoms with Crippen molar-refractivity contribution in [2.75, 3.05) is 12.8 Å². The number of nitrogens with two attached hydrogens (primary N) is 1. The molecule has 0 aliphatic heterocycles. The number of hydrogen-bond donors (Lipinski definition) is 1. The van der Waals surface area contributed by atoms with Crippen molar-refractivity contribution in [2.24, 2.45) is 5.41 Å². The molecule has 100 valence electrons. The van der Waals surface area contributed by atoms with Crippen LogP contribution >= 0.6 is 11.6 Å². The molecule has 0 saturated carbocycles. The van der Waals surface area contributed by atoms with Crippen LogP contribution in [0.1, 0.15) is 32.8 Å². The highest BCUT2D eigenvalue weighted by molar-refractivity contribution is 6.31. The highest BCUT2D eigenvalue weighted by atomic mass is 35.5. The molecule has 1 rings (SSSR count). The standard InChI is InChI=1S/C14H21ClN2O/c1-5-14(2,3)13(18)17(4)9-10-8-11(16)6-7-12(10)15/h6-8H,5,9,16H2,1-4H3. The van der Waals surface area contributed by atoms with Crippen LogP contribution in [-0.2, 0) is 11.3 Å². The summed E-state index contributed by atoms with van der Waals surface area (Å²) in [7, 11) is 1.79. The minimum atomic E-state index is -0.346. The Morgan fingerprint density at radius 1 is 1.44 bits per heavy atom. The van der Waals surface area contributed by atoms with Crippen LogP contribution in [-0.4, -0.2) is 17.9 Å². The molecule has 0 spiro atoms. The Balaban J connectivity index is 2.85. The third-order valence-corrected chi connectivity index (χ3v) is 3.66. The molecule has 3 nitrogen and oxygen atoms in total. The predicted molar refractivity (Wildman–Crippen MR) is 76.4 cm³/mol. The zero-order valence-corrected chi connectivity index (χ0v) is 12.2. The monoisotopic (exact) mass is 268 g/mol. The van der Waals surface area contributed by atoms with Gasteiger partial charge in [-0.05, 0) is 30.2 Å². The summed E-state index contributed by atoms with van der Waals surface area (Å²) >= 11 is 6.10. The summed E-state index contributed by atoms with van der Waals surface area (Å²) in [5.41, 5.74) is 6.92. The predicted octanol–water partition coefficient (Wildman–Crippen LogP) is 3.32. The van der Waals surface area contributed by atoms with E-state index >= 15 is 0 Å². The first-order valence-corrected chi connectivity index (χ1v) is 6.45. The van der Waals surface area contributed by atoms with Crippen molar-refractivity contribution in [2.45, 2.75) is 33.7 Å². The average molecular weight is 269 g/mol. The van der Waals surface area contributed by atoms with Gasteiger partial charge in [0.2, 0.25) is 5.91 Å². The summed E-state index contributed by atoms with van der Waals surface area (Å²) in [5, 5.41) is 0.637. The van der Waals surface area contributed by atoms with E-state index < -0.39 is 0 Å². The Kier molecular flexibility index (Phi) is 4.63. The largest absolute Gasteiger partial charge is 0.399 e. The Hall–Kier alpha value is -1.22. The topological polar surface area (TPSA) is 46.3 Å². The number of carbonyl (C=O) groups is 1. The van der Waals surface area contributed by atoms with Crippen molar-refractivity contribution in [3.05, 3.63) is 28.8 Å². The quantitative estimate of drug-likeness (QED) is 0.852. The van der Waals surface area contributed by atoms with Gasteiger partial charge in [0.1, 0.15) is 0 Å². The smallest absolute Gasteiger partial charge is 0.228 e. The molecule has 0 aliphatic rings. The van der Waals surface area contributed by atoms with E-state index in [-0.39, 0.29) is 11.3 Å². The molecule has 0 atom stereocenters. The van der Waals surface area contributed by atoms with Gasteiger partial charge in [0.25, 0.3) is 0 Å². The van der Waals surface area contributed by atoms with E-state index in [2.05, 4.69) is 0 Å². The number of anilines is 1. The Morgan fingerprint density at radius 3 is 2.61 bits per heavy atom. The first-order chi connectivity index (χ1) is 8.27. The first-order valence-electron chi connectivity index (χ1n) is 6.07. The van der Waals surface area contributed by atoms with E-state index in [0.29, 0.717) is 17.3 Å². The first kappa shape index (κ1) is 14.8. The molecular weight excluding hydrogens is 248 g/mol. The molecule has 0 saturated heterocycles. The molecule has 0 unspecified atom stereocenters. The van der Waals surface area contributed by atoms with Crippen LogP contribution in [0.4, 0.5) is 5.69 Å². The third-order valence-electron chi connectivity index (χ3n) is 3.29. The fourth-order valence-corrected chi connectivity index (χ4v) is 1.89. The van der Waals surface area contributed by atoms with E-state index in [0.717, 1.165) is 12.0 Å². The molecule has 0 aromatic heterocycles. The molecule has 0 radical (unpaired) electrons. The van der Waals surface area contributed by atoms with Crippen LogP contribution in [0.25, 0.3) is 0 Å². The van der Waals surface area contributed by atoms with Crippen molar-refractivity contribution in [3.63, 3.8) is 0 Å². The molecule has 0 bridgehead atoms. The summed E-state index contributed by atoms with van der Waals surface area (Å²) in [6, 6.07) is 5.32. The number of nitrogens with zero attached hydrogens (tertiary/aromatic N) is 1. The highest BCUT2D eigenvalue weighted by Crippen LogP contribution is 2.25. The van der Waals surface area contributed by atoms with Gasteiger partial charge in [-0.1, -0.05) is 32.4 Å². The summed E-state index contributed by atoms with van der Waals surface area (Å²) in [6.07, 6.45) is 0.806. The maximum absolute atomic E-state index is 12.2. The number of hydrogen-bond acceptors (Lipinski definition) is 2.